The van der Waals surface area contributed by atoms with Gasteiger partial charge in [0.05, 0.1) is 5.69 Å². The highest BCUT2D eigenvalue weighted by molar-refractivity contribution is 6.70. The van der Waals surface area contributed by atoms with Gasteiger partial charge in [-0.1, -0.05) is 46.9 Å². The van der Waals surface area contributed by atoms with Gasteiger partial charge in [0.15, 0.2) is 0 Å². The van der Waals surface area contributed by atoms with Gasteiger partial charge in [-0.25, -0.2) is 19.1 Å². The Hall–Kier alpha value is -1.12. The first kappa shape index (κ1) is 21.6. The Bertz CT molecular complexity index is 811. The quantitative estimate of drug-likeness (QED) is 0.494. The van der Waals surface area contributed by atoms with Gasteiger partial charge in [-0.15, -0.1) is 11.6 Å². The second kappa shape index (κ2) is 8.32. The maximum absolute atomic E-state index is 14.3. The third-order valence-corrected chi connectivity index (χ3v) is 6.22. The maximum atomic E-state index is 14.3. The van der Waals surface area contributed by atoms with Crippen molar-refractivity contribution in [2.45, 2.75) is 28.2 Å². The fourth-order valence-corrected chi connectivity index (χ4v) is 3.72. The van der Waals surface area contributed by atoms with E-state index >= 15 is 0 Å². The van der Waals surface area contributed by atoms with Crippen LogP contribution in [0.15, 0.2) is 29.3 Å². The summed E-state index contributed by atoms with van der Waals surface area (Å²) >= 11 is 24.3. The highest BCUT2D eigenvalue weighted by Crippen LogP contribution is 2.38. The number of nitrogens with zero attached hydrogens (tertiary/aromatic N) is 4. The Balaban J connectivity index is 2.09. The summed E-state index contributed by atoms with van der Waals surface area (Å²) in [6.45, 7) is 1.28. The first-order valence-corrected chi connectivity index (χ1v) is 10.1. The third kappa shape index (κ3) is 4.09. The molecule has 2 atom stereocenters. The van der Waals surface area contributed by atoms with Crippen LogP contribution in [0.4, 0.5) is 14.9 Å². The van der Waals surface area contributed by atoms with Crippen LogP contribution in [-0.4, -0.2) is 63.0 Å². The van der Waals surface area contributed by atoms with E-state index in [-0.39, 0.29) is 11.5 Å². The number of imide groups is 1. The number of benzene rings is 1. The monoisotopic (exact) mass is 468 g/mol. The number of hydrogen-bond acceptors (Lipinski definition) is 4. The number of carbonyl (C=O) groups excluding carboxylic acids is 2. The average molecular weight is 470 g/mol. The van der Waals surface area contributed by atoms with Crippen molar-refractivity contribution in [2.75, 3.05) is 25.0 Å². The SMILES string of the molecule is CN1C(=O)C(=NC(C(Cl)C(Cl)(Cl)Cl)N2CCCC2)N(c2ccccc2F)C1=O. The number of likely N-dealkylation sites (tertiary alicyclic amines) is 1. The van der Waals surface area contributed by atoms with Crippen molar-refractivity contribution in [3.8, 4) is 0 Å². The molecule has 3 rings (SSSR count). The Kier molecular flexibility index (Phi) is 6.41. The van der Waals surface area contributed by atoms with Crippen molar-refractivity contribution in [2.24, 2.45) is 4.99 Å². The molecule has 2 aliphatic heterocycles. The van der Waals surface area contributed by atoms with E-state index in [2.05, 4.69) is 4.99 Å². The molecule has 0 radical (unpaired) electrons. The molecule has 2 saturated heterocycles. The van der Waals surface area contributed by atoms with Crippen LogP contribution in [0.25, 0.3) is 0 Å². The van der Waals surface area contributed by atoms with Crippen LogP contribution < -0.4 is 4.90 Å². The molecule has 0 bridgehead atoms. The minimum absolute atomic E-state index is 0.0934. The van der Waals surface area contributed by atoms with Crippen molar-refractivity contribution in [3.05, 3.63) is 30.1 Å². The van der Waals surface area contributed by atoms with E-state index < -0.39 is 33.1 Å². The number of amides is 3. The van der Waals surface area contributed by atoms with Crippen LogP contribution >= 0.6 is 46.4 Å². The van der Waals surface area contributed by atoms with Crippen LogP contribution in [0, 0.1) is 5.82 Å². The highest BCUT2D eigenvalue weighted by Gasteiger charge is 2.46. The topological polar surface area (TPSA) is 56.2 Å². The van der Waals surface area contributed by atoms with Gasteiger partial charge >= 0.3 is 6.03 Å². The lowest BCUT2D eigenvalue weighted by molar-refractivity contribution is -0.119. The molecule has 2 unspecified atom stereocenters. The van der Waals surface area contributed by atoms with Crippen LogP contribution in [0.1, 0.15) is 12.8 Å². The molecule has 0 saturated carbocycles. The molecule has 3 amide bonds. The highest BCUT2D eigenvalue weighted by atomic mass is 35.6. The van der Waals surface area contributed by atoms with Crippen molar-refractivity contribution in [3.63, 3.8) is 0 Å². The van der Waals surface area contributed by atoms with E-state index in [1.54, 1.807) is 6.07 Å². The number of para-hydroxylation sites is 1. The van der Waals surface area contributed by atoms with Gasteiger partial charge in [-0.2, -0.15) is 0 Å². The second-order valence-electron chi connectivity index (χ2n) is 6.49. The first-order chi connectivity index (χ1) is 13.1. The lowest BCUT2D eigenvalue weighted by atomic mass is 10.2. The predicted molar refractivity (Wildman–Crippen MR) is 109 cm³/mol. The molecule has 0 aromatic heterocycles. The van der Waals surface area contributed by atoms with E-state index in [0.29, 0.717) is 13.1 Å². The summed E-state index contributed by atoms with van der Waals surface area (Å²) in [5.74, 6) is -1.63. The van der Waals surface area contributed by atoms with Crippen LogP contribution in [-0.2, 0) is 4.79 Å². The van der Waals surface area contributed by atoms with Gasteiger partial charge < -0.3 is 0 Å². The molecule has 11 heteroatoms. The van der Waals surface area contributed by atoms with Crippen molar-refractivity contribution < 1.29 is 14.0 Å². The summed E-state index contributed by atoms with van der Waals surface area (Å²) in [5.41, 5.74) is -0.0934. The number of aliphatic imine (C=N–C) groups is 1. The fourth-order valence-electron chi connectivity index (χ4n) is 3.17. The molecule has 152 valence electrons. The molecule has 1 aromatic rings. The fraction of sp³-hybridized carbons (Fsp3) is 0.471. The van der Waals surface area contributed by atoms with E-state index in [4.69, 9.17) is 46.4 Å². The Labute approximate surface area is 181 Å². The molecule has 1 aromatic carbocycles. The van der Waals surface area contributed by atoms with Gasteiger partial charge in [-0.05, 0) is 25.0 Å². The molecule has 0 spiro atoms. The molecule has 0 N–H and O–H groups in total. The van der Waals surface area contributed by atoms with Gasteiger partial charge in [0.25, 0.3) is 5.91 Å². The average Bonchev–Trinajstić information content (AvgIpc) is 3.23. The van der Waals surface area contributed by atoms with Gasteiger partial charge in [-0.3, -0.25) is 14.6 Å². The Morgan fingerprint density at radius 3 is 2.32 bits per heavy atom. The van der Waals surface area contributed by atoms with Crippen molar-refractivity contribution in [1.29, 1.82) is 0 Å². The van der Waals surface area contributed by atoms with Gasteiger partial charge in [0.1, 0.15) is 17.4 Å². The molecular weight excluding hydrogens is 453 g/mol. The van der Waals surface area contributed by atoms with E-state index in [9.17, 15) is 14.0 Å². The smallest absolute Gasteiger partial charge is 0.280 e. The minimum Gasteiger partial charge on any atom is -0.280 e. The van der Waals surface area contributed by atoms with E-state index in [1.807, 2.05) is 4.90 Å². The molecule has 0 aliphatic carbocycles. The normalized spacial score (nSPS) is 22.4. The lowest BCUT2D eigenvalue weighted by Crippen LogP contribution is -2.46. The zero-order chi connectivity index (χ0) is 20.6. The first-order valence-electron chi connectivity index (χ1n) is 8.52. The summed E-state index contributed by atoms with van der Waals surface area (Å²) in [5, 5.41) is -1.10. The molecule has 2 aliphatic rings. The number of carbonyl (C=O) groups is 2. The number of urea groups is 1. The summed E-state index contributed by atoms with van der Waals surface area (Å²) in [6, 6.07) is 4.87. The maximum Gasteiger partial charge on any atom is 0.337 e. The predicted octanol–water partition coefficient (Wildman–Crippen LogP) is 4.02. The second-order valence-corrected chi connectivity index (χ2v) is 9.33. The summed E-state index contributed by atoms with van der Waals surface area (Å²) < 4.78 is 12.5. The van der Waals surface area contributed by atoms with E-state index in [0.717, 1.165) is 22.6 Å². The number of hydrogen-bond donors (Lipinski definition) is 0. The largest absolute Gasteiger partial charge is 0.337 e. The van der Waals surface area contributed by atoms with Gasteiger partial charge in [0, 0.05) is 20.1 Å². The van der Waals surface area contributed by atoms with Crippen molar-refractivity contribution in [1.82, 2.24) is 9.80 Å². The lowest BCUT2D eigenvalue weighted by Gasteiger charge is -2.32. The molecule has 2 heterocycles. The Morgan fingerprint density at radius 1 is 1.14 bits per heavy atom. The zero-order valence-corrected chi connectivity index (χ0v) is 17.8. The number of anilines is 1. The van der Waals surface area contributed by atoms with Crippen molar-refractivity contribution >= 4 is 69.9 Å². The molecular formula is C17H17Cl4FN4O2. The van der Waals surface area contributed by atoms with Crippen LogP contribution in [0.5, 0.6) is 0 Å². The number of alkyl halides is 4. The van der Waals surface area contributed by atoms with E-state index in [1.165, 1.54) is 25.2 Å². The number of halogens is 5. The van der Waals surface area contributed by atoms with Gasteiger partial charge in [0.2, 0.25) is 9.63 Å². The summed E-state index contributed by atoms with van der Waals surface area (Å²) in [7, 11) is 1.29. The minimum atomic E-state index is -1.86. The standard InChI is InChI=1S/C17H17Cl4FN4O2/c1-24-15(27)14(26(16(24)28)11-7-3-2-6-10(11)22)23-13(12(18)17(19,20)21)25-8-4-5-9-25/h2-3,6-7,12-13H,4-5,8-9H2,1H3. The molecule has 6 nitrogen and oxygen atoms in total. The summed E-state index contributed by atoms with van der Waals surface area (Å²) in [6.07, 6.45) is 0.910. The summed E-state index contributed by atoms with van der Waals surface area (Å²) in [4.78, 5) is 33.3. The molecule has 2 fully saturated rings. The van der Waals surface area contributed by atoms with Crippen LogP contribution in [0.3, 0.4) is 0 Å². The Morgan fingerprint density at radius 2 is 1.75 bits per heavy atom. The number of rotatable bonds is 4. The van der Waals surface area contributed by atoms with Crippen LogP contribution in [0.2, 0.25) is 0 Å². The third-order valence-electron chi connectivity index (χ3n) is 4.62. The number of amidine groups is 1. The number of likely N-dealkylation sites (N-methyl/N-ethyl adjacent to an activating group) is 1. The zero-order valence-electron chi connectivity index (χ0n) is 14.8. The molecule has 28 heavy (non-hydrogen) atoms.